The smallest absolute Gasteiger partial charge is 0.288 e. The Hall–Kier alpha value is -1.82. The Labute approximate surface area is 147 Å². The van der Waals surface area contributed by atoms with E-state index in [0.29, 0.717) is 5.92 Å². The predicted octanol–water partition coefficient (Wildman–Crippen LogP) is 2.80. The minimum Gasteiger partial charge on any atom is -0.354 e. The summed E-state index contributed by atoms with van der Waals surface area (Å²) in [6.07, 6.45) is 1.02. The van der Waals surface area contributed by atoms with Gasteiger partial charge in [-0.15, -0.1) is 0 Å². The molecule has 2 rings (SSSR count). The maximum absolute atomic E-state index is 12.2. The first kappa shape index (κ1) is 18.5. The van der Waals surface area contributed by atoms with E-state index in [9.17, 15) is 14.4 Å². The molecule has 0 aromatic heterocycles. The van der Waals surface area contributed by atoms with Gasteiger partial charge in [0.15, 0.2) is 0 Å². The Kier molecular flexibility index (Phi) is 6.43. The number of carbonyl (C=O) groups excluding carboxylic acids is 3. The van der Waals surface area contributed by atoms with E-state index in [1.165, 1.54) is 10.5 Å². The van der Waals surface area contributed by atoms with Crippen LogP contribution in [0.15, 0.2) is 24.3 Å². The van der Waals surface area contributed by atoms with Crippen LogP contribution in [0.25, 0.3) is 0 Å². The molecule has 1 aromatic carbocycles. The van der Waals surface area contributed by atoms with Gasteiger partial charge in [-0.3, -0.25) is 19.3 Å². The number of nitrogens with one attached hydrogen (secondary N) is 1. The van der Waals surface area contributed by atoms with Gasteiger partial charge in [0.1, 0.15) is 0 Å². The van der Waals surface area contributed by atoms with Crippen molar-refractivity contribution in [3.63, 3.8) is 0 Å². The molecule has 1 atom stereocenters. The maximum atomic E-state index is 12.2. The number of nitrogens with zero attached hydrogens (tertiary/aromatic N) is 1. The summed E-state index contributed by atoms with van der Waals surface area (Å²) in [5.41, 5.74) is 2.23. The molecule has 0 radical (unpaired) electrons. The van der Waals surface area contributed by atoms with Crippen LogP contribution in [-0.4, -0.2) is 40.8 Å². The quantitative estimate of drug-likeness (QED) is 0.823. The third kappa shape index (κ3) is 4.84. The molecular weight excluding hydrogens is 324 g/mol. The predicted molar refractivity (Wildman–Crippen MR) is 96.0 cm³/mol. The summed E-state index contributed by atoms with van der Waals surface area (Å²) in [5.74, 6) is 0.251. The average Bonchev–Trinajstić information content (AvgIpc) is 2.86. The second-order valence-electron chi connectivity index (χ2n) is 6.45. The number of hydrogen-bond acceptors (Lipinski definition) is 4. The molecule has 24 heavy (non-hydrogen) atoms. The SMILES string of the molecule is CC(C)Cc1ccc(C(C)C(=O)NCCN2C(=O)CSC2=O)cc1. The number of carbonyl (C=O) groups is 3. The lowest BCUT2D eigenvalue weighted by Gasteiger charge is -2.16. The molecular formula is C18H24N2O3S. The molecule has 6 heteroatoms. The van der Waals surface area contributed by atoms with E-state index in [1.54, 1.807) is 0 Å². The monoisotopic (exact) mass is 348 g/mol. The number of amides is 3. The second-order valence-corrected chi connectivity index (χ2v) is 7.38. The molecule has 1 aliphatic rings. The van der Waals surface area contributed by atoms with Gasteiger partial charge in [0.2, 0.25) is 11.8 Å². The topological polar surface area (TPSA) is 66.5 Å². The highest BCUT2D eigenvalue weighted by Crippen LogP contribution is 2.19. The summed E-state index contributed by atoms with van der Waals surface area (Å²) in [6.45, 7) is 6.73. The molecule has 3 amide bonds. The summed E-state index contributed by atoms with van der Waals surface area (Å²) in [5, 5.41) is 2.57. The molecule has 1 fully saturated rings. The lowest BCUT2D eigenvalue weighted by atomic mass is 9.96. The van der Waals surface area contributed by atoms with E-state index in [0.717, 1.165) is 23.7 Å². The number of imide groups is 1. The number of benzene rings is 1. The number of hydrogen-bond donors (Lipinski definition) is 1. The zero-order chi connectivity index (χ0) is 17.7. The Balaban J connectivity index is 1.83. The molecule has 5 nitrogen and oxygen atoms in total. The van der Waals surface area contributed by atoms with Crippen LogP contribution < -0.4 is 5.32 Å². The normalized spacial score (nSPS) is 15.9. The van der Waals surface area contributed by atoms with Crippen molar-refractivity contribution in [3.8, 4) is 0 Å². The molecule has 0 aliphatic carbocycles. The summed E-state index contributed by atoms with van der Waals surface area (Å²) >= 11 is 1.01. The van der Waals surface area contributed by atoms with Gasteiger partial charge in [0.25, 0.3) is 5.24 Å². The Morgan fingerprint density at radius 2 is 1.88 bits per heavy atom. The average molecular weight is 348 g/mol. The minimum atomic E-state index is -0.266. The van der Waals surface area contributed by atoms with Gasteiger partial charge in [0.05, 0.1) is 11.7 Å². The summed E-state index contributed by atoms with van der Waals surface area (Å²) in [6, 6.07) is 8.12. The van der Waals surface area contributed by atoms with Crippen LogP contribution >= 0.6 is 11.8 Å². The zero-order valence-electron chi connectivity index (χ0n) is 14.4. The van der Waals surface area contributed by atoms with E-state index in [1.807, 2.05) is 19.1 Å². The molecule has 1 heterocycles. The highest BCUT2D eigenvalue weighted by atomic mass is 32.2. The highest BCUT2D eigenvalue weighted by Gasteiger charge is 2.29. The van der Waals surface area contributed by atoms with Crippen LogP contribution in [0.2, 0.25) is 0 Å². The van der Waals surface area contributed by atoms with Gasteiger partial charge in [-0.2, -0.15) is 0 Å². The maximum Gasteiger partial charge on any atom is 0.288 e. The Bertz CT molecular complexity index is 597. The van der Waals surface area contributed by atoms with Gasteiger partial charge < -0.3 is 5.32 Å². The number of rotatable bonds is 7. The standard InChI is InChI=1S/C18H24N2O3S/c1-12(2)10-14-4-6-15(7-5-14)13(3)17(22)19-8-9-20-16(21)11-24-18(20)23/h4-7,12-13H,8-11H2,1-3H3,(H,19,22). The summed E-state index contributed by atoms with van der Waals surface area (Å²) in [4.78, 5) is 36.4. The van der Waals surface area contributed by atoms with Crippen molar-refractivity contribution in [2.75, 3.05) is 18.8 Å². The fraction of sp³-hybridized carbons (Fsp3) is 0.500. The van der Waals surface area contributed by atoms with E-state index < -0.39 is 0 Å². The zero-order valence-corrected chi connectivity index (χ0v) is 15.2. The van der Waals surface area contributed by atoms with Gasteiger partial charge in [0, 0.05) is 13.1 Å². The van der Waals surface area contributed by atoms with Crippen molar-refractivity contribution in [1.29, 1.82) is 0 Å². The summed E-state index contributed by atoms with van der Waals surface area (Å²) < 4.78 is 0. The van der Waals surface area contributed by atoms with Crippen molar-refractivity contribution in [3.05, 3.63) is 35.4 Å². The second kappa shape index (κ2) is 8.33. The molecule has 1 aromatic rings. The van der Waals surface area contributed by atoms with Crippen LogP contribution in [0.3, 0.4) is 0 Å². The van der Waals surface area contributed by atoms with E-state index in [2.05, 4.69) is 31.3 Å². The Morgan fingerprint density at radius 1 is 1.21 bits per heavy atom. The molecule has 130 valence electrons. The molecule has 1 unspecified atom stereocenters. The van der Waals surface area contributed by atoms with Crippen LogP contribution in [0, 0.1) is 5.92 Å². The summed E-state index contributed by atoms with van der Waals surface area (Å²) in [7, 11) is 0. The third-order valence-corrected chi connectivity index (χ3v) is 4.85. The molecule has 1 N–H and O–H groups in total. The lowest BCUT2D eigenvalue weighted by Crippen LogP contribution is -2.38. The van der Waals surface area contributed by atoms with Crippen molar-refractivity contribution in [2.24, 2.45) is 5.92 Å². The Morgan fingerprint density at radius 3 is 2.42 bits per heavy atom. The largest absolute Gasteiger partial charge is 0.354 e. The van der Waals surface area contributed by atoms with E-state index in [-0.39, 0.29) is 41.8 Å². The third-order valence-electron chi connectivity index (χ3n) is 3.99. The molecule has 0 saturated carbocycles. The first-order chi connectivity index (χ1) is 11.4. The molecule has 1 aliphatic heterocycles. The lowest BCUT2D eigenvalue weighted by molar-refractivity contribution is -0.126. The van der Waals surface area contributed by atoms with Crippen LogP contribution in [0.5, 0.6) is 0 Å². The fourth-order valence-electron chi connectivity index (χ4n) is 2.61. The highest BCUT2D eigenvalue weighted by molar-refractivity contribution is 8.14. The van der Waals surface area contributed by atoms with E-state index >= 15 is 0 Å². The van der Waals surface area contributed by atoms with E-state index in [4.69, 9.17) is 0 Å². The minimum absolute atomic E-state index is 0.0987. The van der Waals surface area contributed by atoms with Crippen molar-refractivity contribution in [2.45, 2.75) is 33.1 Å². The van der Waals surface area contributed by atoms with Crippen LogP contribution in [-0.2, 0) is 16.0 Å². The van der Waals surface area contributed by atoms with Crippen molar-refractivity contribution in [1.82, 2.24) is 10.2 Å². The van der Waals surface area contributed by atoms with Gasteiger partial charge in [-0.25, -0.2) is 0 Å². The first-order valence-corrected chi connectivity index (χ1v) is 9.20. The van der Waals surface area contributed by atoms with Crippen LogP contribution in [0.1, 0.15) is 37.8 Å². The van der Waals surface area contributed by atoms with Gasteiger partial charge >= 0.3 is 0 Å². The number of thioether (sulfide) groups is 1. The van der Waals surface area contributed by atoms with Gasteiger partial charge in [-0.05, 0) is 30.4 Å². The molecule has 0 spiro atoms. The van der Waals surface area contributed by atoms with Gasteiger partial charge in [-0.1, -0.05) is 49.9 Å². The molecule has 0 bridgehead atoms. The fourth-order valence-corrected chi connectivity index (χ4v) is 3.36. The first-order valence-electron chi connectivity index (χ1n) is 8.22. The van der Waals surface area contributed by atoms with Crippen molar-refractivity contribution >= 4 is 28.8 Å². The molecule has 1 saturated heterocycles. The van der Waals surface area contributed by atoms with Crippen molar-refractivity contribution < 1.29 is 14.4 Å². The van der Waals surface area contributed by atoms with Crippen LogP contribution in [0.4, 0.5) is 4.79 Å².